The van der Waals surface area contributed by atoms with E-state index in [0.29, 0.717) is 16.3 Å². The number of allylic oxidation sites excluding steroid dienone is 2. The Bertz CT molecular complexity index is 847. The first-order valence-electron chi connectivity index (χ1n) is 7.19. The van der Waals surface area contributed by atoms with Gasteiger partial charge in [-0.3, -0.25) is 0 Å². The van der Waals surface area contributed by atoms with Gasteiger partial charge in [-0.2, -0.15) is 4.58 Å². The molecule has 0 aliphatic carbocycles. The summed E-state index contributed by atoms with van der Waals surface area (Å²) < 4.78 is 10.8. The zero-order chi connectivity index (χ0) is 18.7. The Hall–Kier alpha value is -2.86. The number of esters is 2. The zero-order valence-corrected chi connectivity index (χ0v) is 14.7. The normalized spacial score (nSPS) is 14.9. The molecule has 130 valence electrons. The maximum atomic E-state index is 12.5. The number of nitrogens with zero attached hydrogens (tertiary/aromatic N) is 1. The van der Waals surface area contributed by atoms with Crippen LogP contribution in [-0.2, 0) is 19.1 Å². The van der Waals surface area contributed by atoms with E-state index in [1.807, 2.05) is 0 Å². The summed E-state index contributed by atoms with van der Waals surface area (Å²) in [5.74, 6) is -1.85. The minimum absolute atomic E-state index is 0.0134. The summed E-state index contributed by atoms with van der Waals surface area (Å²) in [5.41, 5.74) is 0.856. The predicted molar refractivity (Wildman–Crippen MR) is 90.6 cm³/mol. The molecule has 0 radical (unpaired) electrons. The van der Waals surface area contributed by atoms with Gasteiger partial charge >= 0.3 is 11.9 Å². The van der Waals surface area contributed by atoms with Crippen LogP contribution in [-0.4, -0.2) is 37.5 Å². The van der Waals surface area contributed by atoms with Crippen molar-refractivity contribution in [2.75, 3.05) is 14.2 Å². The van der Waals surface area contributed by atoms with Crippen molar-refractivity contribution in [3.05, 3.63) is 63.5 Å². The molecule has 1 aliphatic heterocycles. The van der Waals surface area contributed by atoms with Crippen LogP contribution in [0.5, 0.6) is 0 Å². The van der Waals surface area contributed by atoms with E-state index in [0.717, 1.165) is 0 Å². The van der Waals surface area contributed by atoms with Gasteiger partial charge in [0, 0.05) is 18.0 Å². The first kappa shape index (κ1) is 18.5. The molecule has 1 aromatic rings. The van der Waals surface area contributed by atoms with Gasteiger partial charge in [-0.05, 0) is 17.7 Å². The van der Waals surface area contributed by atoms with Crippen LogP contribution in [0.25, 0.3) is 5.76 Å². The fraction of sp³-hybridized carbons (Fsp3) is 0.167. The average Bonchev–Trinajstić information content (AvgIpc) is 2.85. The van der Waals surface area contributed by atoms with Crippen molar-refractivity contribution >= 4 is 36.0 Å². The Morgan fingerprint density at radius 2 is 1.64 bits per heavy atom. The molecular formula is C18H16ClNO5. The summed E-state index contributed by atoms with van der Waals surface area (Å²) in [6.07, 6.45) is 1.22. The van der Waals surface area contributed by atoms with Gasteiger partial charge < -0.3 is 14.6 Å². The summed E-state index contributed by atoms with van der Waals surface area (Å²) in [6, 6.07) is 6.28. The van der Waals surface area contributed by atoms with Gasteiger partial charge in [0.2, 0.25) is 5.70 Å². The van der Waals surface area contributed by atoms with Crippen molar-refractivity contribution < 1.29 is 28.7 Å². The van der Waals surface area contributed by atoms with Gasteiger partial charge in [-0.25, -0.2) is 9.59 Å². The third kappa shape index (κ3) is 3.49. The number of halogens is 1. The zero-order valence-electron chi connectivity index (χ0n) is 14.0. The van der Waals surface area contributed by atoms with E-state index in [2.05, 4.69) is 6.72 Å². The number of carbonyl (C=O) groups excluding carboxylic acids is 2. The lowest BCUT2D eigenvalue weighted by Crippen LogP contribution is -2.15. The molecule has 0 aromatic heterocycles. The quantitative estimate of drug-likeness (QED) is 0.463. The number of hydrogen-bond donors (Lipinski definition) is 0. The molecule has 0 saturated heterocycles. The highest BCUT2D eigenvalue weighted by Gasteiger charge is 2.41. The van der Waals surface area contributed by atoms with Crippen LogP contribution in [0.15, 0.2) is 52.9 Å². The van der Waals surface area contributed by atoms with Crippen molar-refractivity contribution in [3.8, 4) is 0 Å². The molecule has 0 atom stereocenters. The largest absolute Gasteiger partial charge is 0.872 e. The second-order valence-electron chi connectivity index (χ2n) is 5.15. The van der Waals surface area contributed by atoms with E-state index in [1.165, 1.54) is 24.9 Å². The minimum Gasteiger partial charge on any atom is -0.872 e. The van der Waals surface area contributed by atoms with Crippen LogP contribution in [0, 0.1) is 0 Å². The molecule has 7 heteroatoms. The summed E-state index contributed by atoms with van der Waals surface area (Å²) in [6.45, 7) is 5.39. The lowest BCUT2D eigenvalue weighted by atomic mass is 10.0. The maximum absolute atomic E-state index is 12.5. The van der Waals surface area contributed by atoms with Crippen LogP contribution in [0.3, 0.4) is 0 Å². The van der Waals surface area contributed by atoms with Gasteiger partial charge in [0.25, 0.3) is 0 Å². The maximum Gasteiger partial charge on any atom is 0.345 e. The summed E-state index contributed by atoms with van der Waals surface area (Å²) >= 11 is 5.81. The fourth-order valence-electron chi connectivity index (χ4n) is 2.39. The Balaban J connectivity index is 2.61. The second kappa shape index (κ2) is 7.36. The highest BCUT2D eigenvalue weighted by Crippen LogP contribution is 2.32. The van der Waals surface area contributed by atoms with Crippen LogP contribution >= 0.6 is 11.6 Å². The molecule has 0 bridgehead atoms. The number of methoxy groups -OCH3 is 2. The lowest BCUT2D eigenvalue weighted by molar-refractivity contribution is -0.403. The van der Waals surface area contributed by atoms with E-state index in [-0.39, 0.29) is 22.6 Å². The van der Waals surface area contributed by atoms with Crippen LogP contribution < -0.4 is 5.11 Å². The Morgan fingerprint density at radius 1 is 1.12 bits per heavy atom. The molecule has 1 aliphatic rings. The monoisotopic (exact) mass is 361 g/mol. The molecule has 2 rings (SSSR count). The van der Waals surface area contributed by atoms with E-state index >= 15 is 0 Å². The molecule has 0 unspecified atom stereocenters. The van der Waals surface area contributed by atoms with Gasteiger partial charge in [-0.15, -0.1) is 0 Å². The molecule has 1 heterocycles. The molecular weight excluding hydrogens is 346 g/mol. The minimum atomic E-state index is -0.763. The number of benzene rings is 1. The van der Waals surface area contributed by atoms with Crippen LogP contribution in [0.2, 0.25) is 5.02 Å². The molecule has 25 heavy (non-hydrogen) atoms. The van der Waals surface area contributed by atoms with Gasteiger partial charge in [0.15, 0.2) is 11.3 Å². The SMILES string of the molecule is C=[N+]1C(C)=C(C(=O)OC)C(C(=O)OC)=C1/C=C(\[O-])c1ccc(Cl)cc1. The number of ether oxygens (including phenoxy) is 2. The number of hydrogen-bond acceptors (Lipinski definition) is 5. The van der Waals surface area contributed by atoms with Crippen molar-refractivity contribution in [3.63, 3.8) is 0 Å². The van der Waals surface area contributed by atoms with E-state index in [4.69, 9.17) is 21.1 Å². The highest BCUT2D eigenvalue weighted by atomic mass is 35.5. The van der Waals surface area contributed by atoms with Gasteiger partial charge in [0.1, 0.15) is 12.3 Å². The summed E-state index contributed by atoms with van der Waals surface area (Å²) in [5, 5.41) is 13.0. The standard InChI is InChI=1S/C18H16ClNO5/c1-10-15(17(22)24-3)16(18(23)25-4)13(20(10)2)9-14(21)11-5-7-12(19)8-6-11/h5-9H,2H2,1,3-4H3. The second-order valence-corrected chi connectivity index (χ2v) is 5.58. The van der Waals surface area contributed by atoms with Crippen LogP contribution in [0.4, 0.5) is 0 Å². The van der Waals surface area contributed by atoms with Gasteiger partial charge in [0.05, 0.1) is 14.2 Å². The van der Waals surface area contributed by atoms with Crippen molar-refractivity contribution in [1.29, 1.82) is 0 Å². The van der Waals surface area contributed by atoms with Crippen molar-refractivity contribution in [1.82, 2.24) is 0 Å². The average molecular weight is 362 g/mol. The van der Waals surface area contributed by atoms with Crippen molar-refractivity contribution in [2.24, 2.45) is 0 Å². The highest BCUT2D eigenvalue weighted by molar-refractivity contribution is 6.30. The van der Waals surface area contributed by atoms with Crippen LogP contribution in [0.1, 0.15) is 12.5 Å². The first-order valence-corrected chi connectivity index (χ1v) is 7.57. The van der Waals surface area contributed by atoms with E-state index < -0.39 is 11.9 Å². The first-order chi connectivity index (χ1) is 11.8. The summed E-state index contributed by atoms with van der Waals surface area (Å²) in [4.78, 5) is 24.2. The van der Waals surface area contributed by atoms with Crippen molar-refractivity contribution in [2.45, 2.75) is 6.92 Å². The molecule has 0 N–H and O–H groups in total. The third-order valence-corrected chi connectivity index (χ3v) is 3.99. The molecule has 0 amide bonds. The lowest BCUT2D eigenvalue weighted by Gasteiger charge is -2.12. The van der Waals surface area contributed by atoms with E-state index in [1.54, 1.807) is 31.2 Å². The molecule has 1 aromatic carbocycles. The topological polar surface area (TPSA) is 78.7 Å². The molecule has 0 fully saturated rings. The summed E-state index contributed by atoms with van der Waals surface area (Å²) in [7, 11) is 2.38. The van der Waals surface area contributed by atoms with Gasteiger partial charge in [-0.1, -0.05) is 29.5 Å². The Labute approximate surface area is 149 Å². The Kier molecular flexibility index (Phi) is 5.44. The Morgan fingerprint density at radius 3 is 2.16 bits per heavy atom. The smallest absolute Gasteiger partial charge is 0.345 e. The third-order valence-electron chi connectivity index (χ3n) is 3.74. The molecule has 6 nitrogen and oxygen atoms in total. The molecule has 0 saturated carbocycles. The number of rotatable bonds is 4. The fourth-order valence-corrected chi connectivity index (χ4v) is 2.52. The predicted octanol–water partition coefficient (Wildman–Crippen LogP) is 1.64. The molecule has 0 spiro atoms. The number of carbonyl (C=O) groups is 2. The van der Waals surface area contributed by atoms with E-state index in [9.17, 15) is 14.7 Å².